The van der Waals surface area contributed by atoms with Crippen LogP contribution in [-0.2, 0) is 16.0 Å². The van der Waals surface area contributed by atoms with Crippen molar-refractivity contribution in [1.82, 2.24) is 9.80 Å². The van der Waals surface area contributed by atoms with E-state index in [2.05, 4.69) is 17.9 Å². The average molecular weight is 341 g/mol. The Bertz CT molecular complexity index is 743. The fourth-order valence-corrected chi connectivity index (χ4v) is 3.30. The number of benzene rings is 1. The number of nitrogens with zero attached hydrogens (tertiary/aromatic N) is 3. The third kappa shape index (κ3) is 3.04. The van der Waals surface area contributed by atoms with Crippen LogP contribution in [-0.4, -0.2) is 54.8 Å². The van der Waals surface area contributed by atoms with Gasteiger partial charge < -0.3 is 4.90 Å². The van der Waals surface area contributed by atoms with Gasteiger partial charge in [-0.1, -0.05) is 19.4 Å². The number of hydrogen-bond acceptors (Lipinski definition) is 4. The van der Waals surface area contributed by atoms with Crippen LogP contribution in [0.1, 0.15) is 30.9 Å². The van der Waals surface area contributed by atoms with Crippen LogP contribution in [0.15, 0.2) is 23.8 Å². The van der Waals surface area contributed by atoms with E-state index in [0.717, 1.165) is 34.9 Å². The monoisotopic (exact) mass is 341 g/mol. The van der Waals surface area contributed by atoms with Gasteiger partial charge in [0.05, 0.1) is 0 Å². The summed E-state index contributed by atoms with van der Waals surface area (Å²) in [6.45, 7) is 4.25. The van der Waals surface area contributed by atoms with Crippen LogP contribution in [0.4, 0.5) is 10.5 Å². The smallest absolute Gasteiger partial charge is 0.333 e. The molecule has 0 atom stereocenters. The maximum atomic E-state index is 12.3. The van der Waals surface area contributed by atoms with E-state index in [1.54, 1.807) is 6.08 Å². The number of amides is 4. The molecule has 1 fully saturated rings. The molecule has 0 unspecified atom stereocenters. The minimum Gasteiger partial charge on any atom is -0.371 e. The van der Waals surface area contributed by atoms with Gasteiger partial charge in [0.1, 0.15) is 5.57 Å². The summed E-state index contributed by atoms with van der Waals surface area (Å²) < 4.78 is 0. The van der Waals surface area contributed by atoms with Gasteiger partial charge in [-0.15, -0.1) is 0 Å². The van der Waals surface area contributed by atoms with Gasteiger partial charge in [-0.05, 0) is 42.2 Å². The molecular weight excluding hydrogens is 318 g/mol. The fourth-order valence-electron chi connectivity index (χ4n) is 3.30. The Kier molecular flexibility index (Phi) is 4.61. The van der Waals surface area contributed by atoms with E-state index in [0.29, 0.717) is 0 Å². The molecule has 132 valence electrons. The van der Waals surface area contributed by atoms with Crippen molar-refractivity contribution in [2.24, 2.45) is 0 Å². The molecule has 1 aromatic rings. The second-order valence-corrected chi connectivity index (χ2v) is 6.55. The quantitative estimate of drug-likeness (QED) is 0.623. The number of carbonyl (C=O) groups is 3. The highest BCUT2D eigenvalue weighted by atomic mass is 16.2. The molecule has 6 nitrogen and oxygen atoms in total. The van der Waals surface area contributed by atoms with Gasteiger partial charge in [0.2, 0.25) is 0 Å². The Morgan fingerprint density at radius 3 is 2.40 bits per heavy atom. The summed E-state index contributed by atoms with van der Waals surface area (Å²) in [6.07, 6.45) is 4.89. The van der Waals surface area contributed by atoms with Crippen molar-refractivity contribution in [3.8, 4) is 0 Å². The Balaban J connectivity index is 1.88. The van der Waals surface area contributed by atoms with E-state index in [1.807, 2.05) is 12.1 Å². The number of likely N-dealkylation sites (N-methyl/N-ethyl adjacent to an activating group) is 2. The van der Waals surface area contributed by atoms with Crippen LogP contribution < -0.4 is 4.90 Å². The lowest BCUT2D eigenvalue weighted by Gasteiger charge is -2.28. The van der Waals surface area contributed by atoms with Crippen molar-refractivity contribution in [2.45, 2.75) is 26.2 Å². The highest BCUT2D eigenvalue weighted by Gasteiger charge is 2.37. The molecule has 1 saturated heterocycles. The van der Waals surface area contributed by atoms with Crippen LogP contribution in [0.5, 0.6) is 0 Å². The highest BCUT2D eigenvalue weighted by molar-refractivity contribution is 6.30. The van der Waals surface area contributed by atoms with Crippen molar-refractivity contribution in [2.75, 3.05) is 32.1 Å². The van der Waals surface area contributed by atoms with Crippen molar-refractivity contribution in [3.05, 3.63) is 34.9 Å². The molecule has 2 heterocycles. The van der Waals surface area contributed by atoms with Gasteiger partial charge in [0.25, 0.3) is 11.8 Å². The lowest BCUT2D eigenvalue weighted by atomic mass is 10.0. The first-order valence-electron chi connectivity index (χ1n) is 8.63. The zero-order valence-electron chi connectivity index (χ0n) is 14.9. The average Bonchev–Trinajstić information content (AvgIpc) is 3.02. The molecule has 0 saturated carbocycles. The minimum atomic E-state index is -0.604. The number of rotatable bonds is 4. The Morgan fingerprint density at radius 1 is 1.08 bits per heavy atom. The lowest BCUT2D eigenvalue weighted by Crippen LogP contribution is -2.52. The predicted octanol–water partition coefficient (Wildman–Crippen LogP) is 2.28. The number of unbranched alkanes of at least 4 members (excludes halogenated alkanes) is 1. The standard InChI is InChI=1S/C19H23N3O3/c1-4-5-9-22-10-8-14-11-13(6-7-16(14)22)12-15-17(23)20(2)19(25)21(3)18(15)24/h6-7,11-12H,4-5,8-10H2,1-3H3. The number of hydrogen-bond donors (Lipinski definition) is 0. The maximum Gasteiger partial charge on any atom is 0.333 e. The van der Waals surface area contributed by atoms with Gasteiger partial charge in [-0.3, -0.25) is 19.4 Å². The first kappa shape index (κ1) is 17.2. The van der Waals surface area contributed by atoms with E-state index >= 15 is 0 Å². The number of urea groups is 1. The molecule has 0 radical (unpaired) electrons. The number of anilines is 1. The summed E-state index contributed by atoms with van der Waals surface area (Å²) in [5.41, 5.74) is 3.30. The van der Waals surface area contributed by atoms with E-state index < -0.39 is 17.8 Å². The molecule has 3 rings (SSSR count). The molecule has 4 amide bonds. The van der Waals surface area contributed by atoms with Crippen LogP contribution in [0.2, 0.25) is 0 Å². The van der Waals surface area contributed by atoms with Crippen molar-refractivity contribution in [1.29, 1.82) is 0 Å². The normalized spacial score (nSPS) is 17.5. The number of fused-ring (bicyclic) bond motifs is 1. The molecule has 1 aromatic carbocycles. The zero-order chi connectivity index (χ0) is 18.1. The van der Waals surface area contributed by atoms with Crippen LogP contribution in [0.25, 0.3) is 6.08 Å². The molecule has 0 bridgehead atoms. The first-order chi connectivity index (χ1) is 11.9. The molecule has 2 aliphatic rings. The first-order valence-corrected chi connectivity index (χ1v) is 8.63. The van der Waals surface area contributed by atoms with Gasteiger partial charge in [-0.25, -0.2) is 4.79 Å². The second kappa shape index (κ2) is 6.70. The van der Waals surface area contributed by atoms with Gasteiger partial charge in [0, 0.05) is 32.9 Å². The molecule has 25 heavy (non-hydrogen) atoms. The molecule has 0 aliphatic carbocycles. The Hall–Kier alpha value is -2.63. The van der Waals surface area contributed by atoms with Crippen molar-refractivity contribution >= 4 is 29.6 Å². The molecule has 0 aromatic heterocycles. The highest BCUT2D eigenvalue weighted by Crippen LogP contribution is 2.30. The summed E-state index contributed by atoms with van der Waals surface area (Å²) in [4.78, 5) is 40.7. The van der Waals surface area contributed by atoms with Crippen LogP contribution >= 0.6 is 0 Å². The molecule has 6 heteroatoms. The molecular formula is C19H23N3O3. The number of imide groups is 2. The summed E-state index contributed by atoms with van der Waals surface area (Å²) in [7, 11) is 2.77. The minimum absolute atomic E-state index is 0.0189. The van der Waals surface area contributed by atoms with Gasteiger partial charge >= 0.3 is 6.03 Å². The van der Waals surface area contributed by atoms with E-state index in [9.17, 15) is 14.4 Å². The van der Waals surface area contributed by atoms with E-state index in [4.69, 9.17) is 0 Å². The summed E-state index contributed by atoms with van der Waals surface area (Å²) in [5, 5.41) is 0. The van der Waals surface area contributed by atoms with Crippen LogP contribution in [0, 0.1) is 0 Å². The second-order valence-electron chi connectivity index (χ2n) is 6.55. The largest absolute Gasteiger partial charge is 0.371 e. The predicted molar refractivity (Wildman–Crippen MR) is 96.2 cm³/mol. The lowest BCUT2D eigenvalue weighted by molar-refractivity contribution is -0.134. The molecule has 0 N–H and O–H groups in total. The molecule has 0 spiro atoms. The summed E-state index contributed by atoms with van der Waals surface area (Å²) in [6, 6.07) is 5.41. The Morgan fingerprint density at radius 2 is 1.76 bits per heavy atom. The van der Waals surface area contributed by atoms with E-state index in [-0.39, 0.29) is 5.57 Å². The number of carbonyl (C=O) groups excluding carboxylic acids is 3. The Labute approximate surface area is 147 Å². The SMILES string of the molecule is CCCCN1CCc2cc(C=C3C(=O)N(C)C(=O)N(C)C3=O)ccc21. The van der Waals surface area contributed by atoms with Gasteiger partial charge in [-0.2, -0.15) is 0 Å². The maximum absolute atomic E-state index is 12.3. The third-order valence-electron chi connectivity index (χ3n) is 4.83. The van der Waals surface area contributed by atoms with Gasteiger partial charge in [0.15, 0.2) is 0 Å². The van der Waals surface area contributed by atoms with Crippen molar-refractivity contribution in [3.63, 3.8) is 0 Å². The summed E-state index contributed by atoms with van der Waals surface area (Å²) in [5.74, 6) is -1.11. The zero-order valence-corrected chi connectivity index (χ0v) is 14.9. The summed E-state index contributed by atoms with van der Waals surface area (Å²) >= 11 is 0. The number of barbiturate groups is 1. The van der Waals surface area contributed by atoms with Crippen LogP contribution in [0.3, 0.4) is 0 Å². The van der Waals surface area contributed by atoms with E-state index in [1.165, 1.54) is 38.2 Å². The fraction of sp³-hybridized carbons (Fsp3) is 0.421. The van der Waals surface area contributed by atoms with Crippen molar-refractivity contribution < 1.29 is 14.4 Å². The molecule has 2 aliphatic heterocycles. The third-order valence-corrected chi connectivity index (χ3v) is 4.83. The topological polar surface area (TPSA) is 60.9 Å².